The number of carbonyl (C=O) groups excluding carboxylic acids is 1. The van der Waals surface area contributed by atoms with Gasteiger partial charge in [0.2, 0.25) is 0 Å². The second kappa shape index (κ2) is 20.2. The normalized spacial score (nSPS) is 12.0. The lowest BCUT2D eigenvalue weighted by molar-refractivity contribution is 0.102. The molecule has 6 nitrogen and oxygen atoms in total. The fraction of sp³-hybridized carbons (Fsp3) is 0.441. The standard InChI is InChI=1S/C34H48NO5P/c1-7-38-41(39-8-2)40-26-24-30-19-21-31(22-20-30)35-34(36)32-17-9-10-18-33(32)37-25-23-29(6)16-12-15-28(5)14-11-13-27(3)4/h9-10,13,15,17-23H,7-8,11-12,14,16,24-26H2,1-6H3,(H,35,36)/b28-15+,29-23+. The van der Waals surface area contributed by atoms with E-state index >= 15 is 0 Å². The van der Waals surface area contributed by atoms with Crippen LogP contribution in [0.4, 0.5) is 5.69 Å². The summed E-state index contributed by atoms with van der Waals surface area (Å²) in [6.07, 6.45) is 11.7. The highest BCUT2D eigenvalue weighted by molar-refractivity contribution is 7.41. The van der Waals surface area contributed by atoms with Gasteiger partial charge in [0.1, 0.15) is 12.4 Å². The molecule has 0 radical (unpaired) electrons. The molecule has 2 rings (SSSR count). The Morgan fingerprint density at radius 1 is 0.805 bits per heavy atom. The van der Waals surface area contributed by atoms with Crippen molar-refractivity contribution in [3.05, 3.63) is 94.6 Å². The maximum atomic E-state index is 13.0. The average Bonchev–Trinajstić information content (AvgIpc) is 2.94. The number of nitrogens with one attached hydrogen (secondary N) is 1. The Morgan fingerprint density at radius 3 is 2.10 bits per heavy atom. The summed E-state index contributed by atoms with van der Waals surface area (Å²) in [5, 5.41) is 2.98. The molecule has 0 spiro atoms. The summed E-state index contributed by atoms with van der Waals surface area (Å²) in [6.45, 7) is 14.5. The summed E-state index contributed by atoms with van der Waals surface area (Å²) in [6, 6.07) is 15.1. The lowest BCUT2D eigenvalue weighted by Crippen LogP contribution is -2.13. The molecule has 1 amide bonds. The summed E-state index contributed by atoms with van der Waals surface area (Å²) in [5.41, 5.74) is 6.41. The van der Waals surface area contributed by atoms with E-state index in [9.17, 15) is 4.79 Å². The Bertz CT molecular complexity index is 1130. The van der Waals surface area contributed by atoms with Crippen molar-refractivity contribution in [2.24, 2.45) is 0 Å². The van der Waals surface area contributed by atoms with Crippen LogP contribution in [0, 0.1) is 0 Å². The molecule has 0 fully saturated rings. The Labute approximate surface area is 248 Å². The summed E-state index contributed by atoms with van der Waals surface area (Å²) in [7, 11) is -1.30. The van der Waals surface area contributed by atoms with Crippen LogP contribution < -0.4 is 10.1 Å². The number of allylic oxidation sites excluding steroid dienone is 5. The molecule has 0 aliphatic rings. The Kier molecular flexibility index (Phi) is 16.9. The van der Waals surface area contributed by atoms with Gasteiger partial charge in [-0.3, -0.25) is 4.79 Å². The highest BCUT2D eigenvalue weighted by Gasteiger charge is 2.13. The Hall–Kier alpha value is -2.76. The van der Waals surface area contributed by atoms with Gasteiger partial charge in [0, 0.05) is 5.69 Å². The number of carbonyl (C=O) groups is 1. The zero-order valence-corrected chi connectivity index (χ0v) is 26.6. The largest absolute Gasteiger partial charge is 0.489 e. The molecule has 41 heavy (non-hydrogen) atoms. The van der Waals surface area contributed by atoms with E-state index in [2.05, 4.69) is 51.2 Å². The monoisotopic (exact) mass is 581 g/mol. The van der Waals surface area contributed by atoms with Crippen LogP contribution in [-0.4, -0.2) is 32.3 Å². The molecule has 0 unspecified atom stereocenters. The molecule has 2 aromatic carbocycles. The number of benzene rings is 2. The predicted molar refractivity (Wildman–Crippen MR) is 172 cm³/mol. The molecule has 0 aliphatic heterocycles. The minimum Gasteiger partial charge on any atom is -0.489 e. The fourth-order valence-corrected chi connectivity index (χ4v) is 4.79. The number of para-hydroxylation sites is 1. The van der Waals surface area contributed by atoms with E-state index in [1.807, 2.05) is 56.3 Å². The van der Waals surface area contributed by atoms with E-state index in [0.717, 1.165) is 43.4 Å². The average molecular weight is 582 g/mol. The summed E-state index contributed by atoms with van der Waals surface area (Å²) in [4.78, 5) is 13.0. The molecule has 7 heteroatoms. The van der Waals surface area contributed by atoms with Gasteiger partial charge < -0.3 is 23.6 Å². The predicted octanol–water partition coefficient (Wildman–Crippen LogP) is 9.60. The van der Waals surface area contributed by atoms with Crippen molar-refractivity contribution in [1.82, 2.24) is 0 Å². The molecule has 0 aliphatic carbocycles. The SMILES string of the molecule is CCOP(OCC)OCCc1ccc(NC(=O)c2ccccc2OC/C=C(\C)CC/C=C(\C)CCC=C(C)C)cc1. The molecule has 0 saturated heterocycles. The third-order valence-electron chi connectivity index (χ3n) is 6.19. The quantitative estimate of drug-likeness (QED) is 0.132. The summed E-state index contributed by atoms with van der Waals surface area (Å²) >= 11 is 0. The van der Waals surface area contributed by atoms with Gasteiger partial charge in [-0.1, -0.05) is 53.1 Å². The second-order valence-electron chi connectivity index (χ2n) is 10.1. The molecule has 0 atom stereocenters. The summed E-state index contributed by atoms with van der Waals surface area (Å²) in [5.74, 6) is 0.364. The maximum absolute atomic E-state index is 13.0. The fourth-order valence-electron chi connectivity index (χ4n) is 3.91. The Morgan fingerprint density at radius 2 is 1.44 bits per heavy atom. The van der Waals surface area contributed by atoms with Crippen molar-refractivity contribution in [1.29, 1.82) is 0 Å². The maximum Gasteiger partial charge on any atom is 0.332 e. The zero-order chi connectivity index (χ0) is 29.9. The van der Waals surface area contributed by atoms with E-state index in [1.54, 1.807) is 6.07 Å². The third kappa shape index (κ3) is 14.6. The first-order valence-electron chi connectivity index (χ1n) is 14.6. The van der Waals surface area contributed by atoms with Crippen molar-refractivity contribution >= 4 is 20.2 Å². The molecule has 0 heterocycles. The van der Waals surface area contributed by atoms with E-state index in [-0.39, 0.29) is 5.91 Å². The van der Waals surface area contributed by atoms with Crippen LogP contribution in [0.3, 0.4) is 0 Å². The number of ether oxygens (including phenoxy) is 1. The van der Waals surface area contributed by atoms with Gasteiger partial charge in [0.25, 0.3) is 5.91 Å². The minimum atomic E-state index is -1.30. The van der Waals surface area contributed by atoms with Crippen molar-refractivity contribution in [3.63, 3.8) is 0 Å². The molecular formula is C34H48NO5P. The van der Waals surface area contributed by atoms with E-state index in [0.29, 0.717) is 37.7 Å². The zero-order valence-electron chi connectivity index (χ0n) is 25.7. The van der Waals surface area contributed by atoms with Crippen LogP contribution in [0.5, 0.6) is 5.75 Å². The third-order valence-corrected chi connectivity index (χ3v) is 7.52. The molecule has 1 N–H and O–H groups in total. The van der Waals surface area contributed by atoms with E-state index in [1.165, 1.54) is 16.7 Å². The first-order valence-corrected chi connectivity index (χ1v) is 15.7. The first kappa shape index (κ1) is 34.4. The van der Waals surface area contributed by atoms with Crippen LogP contribution in [0.25, 0.3) is 0 Å². The smallest absolute Gasteiger partial charge is 0.332 e. The van der Waals surface area contributed by atoms with Crippen LogP contribution in [0.15, 0.2) is 83.5 Å². The van der Waals surface area contributed by atoms with Crippen LogP contribution >= 0.6 is 8.60 Å². The molecule has 0 bridgehead atoms. The second-order valence-corrected chi connectivity index (χ2v) is 11.3. The van der Waals surface area contributed by atoms with E-state index in [4.69, 9.17) is 18.3 Å². The topological polar surface area (TPSA) is 66.0 Å². The first-order chi connectivity index (χ1) is 19.8. The lowest BCUT2D eigenvalue weighted by Gasteiger charge is -2.15. The minimum absolute atomic E-state index is 0.204. The Balaban J connectivity index is 1.83. The van der Waals surface area contributed by atoms with Gasteiger partial charge in [0.05, 0.1) is 25.4 Å². The van der Waals surface area contributed by atoms with Crippen LogP contribution in [0.1, 0.15) is 83.1 Å². The highest BCUT2D eigenvalue weighted by atomic mass is 31.2. The van der Waals surface area contributed by atoms with Gasteiger partial charge in [0.15, 0.2) is 0 Å². The molecule has 0 aromatic heterocycles. The van der Waals surface area contributed by atoms with Crippen LogP contribution in [-0.2, 0) is 20.0 Å². The number of amides is 1. The van der Waals surface area contributed by atoms with Crippen molar-refractivity contribution < 1.29 is 23.1 Å². The van der Waals surface area contributed by atoms with E-state index < -0.39 is 8.60 Å². The van der Waals surface area contributed by atoms with Gasteiger partial charge >= 0.3 is 8.60 Å². The molecular weight excluding hydrogens is 533 g/mol. The molecule has 0 saturated carbocycles. The number of rotatable bonds is 19. The van der Waals surface area contributed by atoms with Gasteiger partial charge in [-0.15, -0.1) is 0 Å². The van der Waals surface area contributed by atoms with Crippen molar-refractivity contribution in [2.45, 2.75) is 73.6 Å². The van der Waals surface area contributed by atoms with Gasteiger partial charge in [-0.25, -0.2) is 0 Å². The summed E-state index contributed by atoms with van der Waals surface area (Å²) < 4.78 is 22.6. The lowest BCUT2D eigenvalue weighted by atomic mass is 10.1. The van der Waals surface area contributed by atoms with Gasteiger partial charge in [-0.2, -0.15) is 0 Å². The highest BCUT2D eigenvalue weighted by Crippen LogP contribution is 2.39. The number of anilines is 1. The number of hydrogen-bond donors (Lipinski definition) is 1. The number of hydrogen-bond acceptors (Lipinski definition) is 5. The van der Waals surface area contributed by atoms with Crippen molar-refractivity contribution in [2.75, 3.05) is 31.7 Å². The van der Waals surface area contributed by atoms with Crippen LogP contribution in [0.2, 0.25) is 0 Å². The van der Waals surface area contributed by atoms with Gasteiger partial charge in [-0.05, 0) is 110 Å². The molecule has 2 aromatic rings. The molecule has 224 valence electrons. The van der Waals surface area contributed by atoms with Crippen molar-refractivity contribution in [3.8, 4) is 5.75 Å².